The summed E-state index contributed by atoms with van der Waals surface area (Å²) < 4.78 is 0. The number of amides is 1. The molecule has 2 N–H and O–H groups in total. The van der Waals surface area contributed by atoms with Gasteiger partial charge in [-0.05, 0) is 38.3 Å². The van der Waals surface area contributed by atoms with Crippen LogP contribution in [0.1, 0.15) is 36.2 Å². The molecule has 1 unspecified atom stereocenters. The molecular weight excluding hydrogens is 228 g/mol. The maximum Gasteiger partial charge on any atom is 0.271 e. The standard InChI is InChI=1S/C13H20N4O/c18-12(11-3-7-15-16-11)17-8-2-5-13(10-17)4-1-6-14-9-13/h3,7,14H,1-2,4-6,8-10H2,(H,15,16). The highest BCUT2D eigenvalue weighted by Crippen LogP contribution is 2.36. The Hall–Kier alpha value is -1.36. The number of rotatable bonds is 1. The van der Waals surface area contributed by atoms with Crippen LogP contribution in [0.2, 0.25) is 0 Å². The van der Waals surface area contributed by atoms with Gasteiger partial charge in [-0.3, -0.25) is 9.89 Å². The summed E-state index contributed by atoms with van der Waals surface area (Å²) in [5, 5.41) is 10.1. The lowest BCUT2D eigenvalue weighted by Crippen LogP contribution is -2.52. The first-order valence-electron chi connectivity index (χ1n) is 6.79. The number of hydrogen-bond donors (Lipinski definition) is 2. The van der Waals surface area contributed by atoms with Gasteiger partial charge in [-0.15, -0.1) is 0 Å². The Morgan fingerprint density at radius 3 is 3.00 bits per heavy atom. The number of likely N-dealkylation sites (tertiary alicyclic amines) is 1. The Labute approximate surface area is 107 Å². The molecule has 1 aromatic rings. The molecule has 18 heavy (non-hydrogen) atoms. The van der Waals surface area contributed by atoms with Gasteiger partial charge in [0.2, 0.25) is 0 Å². The number of carbonyl (C=O) groups is 1. The third kappa shape index (κ3) is 2.14. The number of H-pyrrole nitrogens is 1. The second-order valence-electron chi connectivity index (χ2n) is 5.58. The summed E-state index contributed by atoms with van der Waals surface area (Å²) in [7, 11) is 0. The van der Waals surface area contributed by atoms with E-state index in [1.807, 2.05) is 4.90 Å². The van der Waals surface area contributed by atoms with Crippen LogP contribution in [-0.4, -0.2) is 47.2 Å². The Bertz CT molecular complexity index is 403. The molecule has 0 radical (unpaired) electrons. The molecule has 5 heteroatoms. The first-order valence-corrected chi connectivity index (χ1v) is 6.79. The number of piperidine rings is 2. The van der Waals surface area contributed by atoms with Crippen molar-refractivity contribution in [2.45, 2.75) is 25.7 Å². The number of carbonyl (C=O) groups excluding carboxylic acids is 1. The van der Waals surface area contributed by atoms with Crippen molar-refractivity contribution in [3.05, 3.63) is 18.0 Å². The van der Waals surface area contributed by atoms with Crippen molar-refractivity contribution in [2.75, 3.05) is 26.2 Å². The van der Waals surface area contributed by atoms with Crippen molar-refractivity contribution in [1.82, 2.24) is 20.4 Å². The summed E-state index contributed by atoms with van der Waals surface area (Å²) in [6, 6.07) is 1.75. The second kappa shape index (κ2) is 4.72. The first kappa shape index (κ1) is 11.7. The number of hydrogen-bond acceptors (Lipinski definition) is 3. The predicted molar refractivity (Wildman–Crippen MR) is 68.3 cm³/mol. The van der Waals surface area contributed by atoms with Crippen molar-refractivity contribution in [3.8, 4) is 0 Å². The van der Waals surface area contributed by atoms with Crippen LogP contribution in [0, 0.1) is 5.41 Å². The van der Waals surface area contributed by atoms with Crippen LogP contribution in [0.15, 0.2) is 12.3 Å². The largest absolute Gasteiger partial charge is 0.337 e. The quantitative estimate of drug-likeness (QED) is 0.780. The highest BCUT2D eigenvalue weighted by Gasteiger charge is 2.38. The summed E-state index contributed by atoms with van der Waals surface area (Å²) in [6.45, 7) is 3.94. The minimum absolute atomic E-state index is 0.0946. The highest BCUT2D eigenvalue weighted by molar-refractivity contribution is 5.92. The molecule has 2 aliphatic heterocycles. The summed E-state index contributed by atoms with van der Waals surface area (Å²) in [5.74, 6) is 0.0946. The van der Waals surface area contributed by atoms with Gasteiger partial charge in [-0.2, -0.15) is 5.10 Å². The average Bonchev–Trinajstić information content (AvgIpc) is 2.93. The van der Waals surface area contributed by atoms with Crippen LogP contribution in [-0.2, 0) is 0 Å². The van der Waals surface area contributed by atoms with Crippen molar-refractivity contribution in [1.29, 1.82) is 0 Å². The molecule has 2 saturated heterocycles. The van der Waals surface area contributed by atoms with Crippen molar-refractivity contribution in [2.24, 2.45) is 5.41 Å². The Morgan fingerprint density at radius 1 is 1.39 bits per heavy atom. The van der Waals surface area contributed by atoms with E-state index in [4.69, 9.17) is 0 Å². The van der Waals surface area contributed by atoms with Gasteiger partial charge in [0.25, 0.3) is 5.91 Å². The molecule has 1 atom stereocenters. The van der Waals surface area contributed by atoms with Crippen LogP contribution >= 0.6 is 0 Å². The van der Waals surface area contributed by atoms with Crippen molar-refractivity contribution < 1.29 is 4.79 Å². The van der Waals surface area contributed by atoms with E-state index in [9.17, 15) is 4.79 Å². The van der Waals surface area contributed by atoms with Gasteiger partial charge in [0.05, 0.1) is 0 Å². The summed E-state index contributed by atoms with van der Waals surface area (Å²) >= 11 is 0. The van der Waals surface area contributed by atoms with E-state index >= 15 is 0 Å². The van der Waals surface area contributed by atoms with Crippen LogP contribution in [0.25, 0.3) is 0 Å². The number of nitrogens with zero attached hydrogens (tertiary/aromatic N) is 2. The molecule has 98 valence electrons. The topological polar surface area (TPSA) is 61.0 Å². The normalized spacial score (nSPS) is 28.6. The average molecular weight is 248 g/mol. The fourth-order valence-corrected chi connectivity index (χ4v) is 3.31. The molecule has 0 aromatic carbocycles. The van der Waals surface area contributed by atoms with Crippen LogP contribution in [0.3, 0.4) is 0 Å². The third-order valence-corrected chi connectivity index (χ3v) is 4.24. The fourth-order valence-electron chi connectivity index (χ4n) is 3.31. The summed E-state index contributed by atoms with van der Waals surface area (Å²) in [6.07, 6.45) is 6.46. The van der Waals surface area contributed by atoms with E-state index in [1.54, 1.807) is 12.3 Å². The predicted octanol–water partition coefficient (Wildman–Crippen LogP) is 1.02. The Balaban J connectivity index is 1.72. The van der Waals surface area contributed by atoms with Crippen molar-refractivity contribution in [3.63, 3.8) is 0 Å². The molecule has 3 rings (SSSR count). The smallest absolute Gasteiger partial charge is 0.271 e. The van der Waals surface area contributed by atoms with Gasteiger partial charge in [-0.1, -0.05) is 0 Å². The lowest BCUT2D eigenvalue weighted by atomic mass is 9.74. The number of aromatic amines is 1. The molecule has 1 aromatic heterocycles. The fraction of sp³-hybridized carbons (Fsp3) is 0.692. The second-order valence-corrected chi connectivity index (χ2v) is 5.58. The van der Waals surface area contributed by atoms with Crippen LogP contribution in [0.5, 0.6) is 0 Å². The lowest BCUT2D eigenvalue weighted by Gasteiger charge is -2.45. The van der Waals surface area contributed by atoms with Crippen LogP contribution in [0.4, 0.5) is 0 Å². The van der Waals surface area contributed by atoms with E-state index in [-0.39, 0.29) is 5.91 Å². The summed E-state index contributed by atoms with van der Waals surface area (Å²) in [5.41, 5.74) is 0.919. The van der Waals surface area contributed by atoms with E-state index in [0.29, 0.717) is 11.1 Å². The molecule has 2 fully saturated rings. The molecule has 1 amide bonds. The molecule has 3 heterocycles. The SMILES string of the molecule is O=C(c1ccn[nH]1)N1CCCC2(CCCNC2)C1. The van der Waals surface area contributed by atoms with Gasteiger partial charge >= 0.3 is 0 Å². The molecule has 1 spiro atoms. The van der Waals surface area contributed by atoms with E-state index in [0.717, 1.165) is 32.6 Å². The maximum atomic E-state index is 12.3. The lowest BCUT2D eigenvalue weighted by molar-refractivity contribution is 0.0429. The highest BCUT2D eigenvalue weighted by atomic mass is 16.2. The Morgan fingerprint density at radius 2 is 2.28 bits per heavy atom. The third-order valence-electron chi connectivity index (χ3n) is 4.24. The monoisotopic (exact) mass is 248 g/mol. The van der Waals surface area contributed by atoms with E-state index < -0.39 is 0 Å². The van der Waals surface area contributed by atoms with Gasteiger partial charge in [-0.25, -0.2) is 0 Å². The first-order chi connectivity index (χ1) is 8.79. The zero-order valence-electron chi connectivity index (χ0n) is 10.6. The van der Waals surface area contributed by atoms with E-state index in [1.165, 1.54) is 19.3 Å². The summed E-state index contributed by atoms with van der Waals surface area (Å²) in [4.78, 5) is 14.3. The zero-order valence-corrected chi connectivity index (χ0v) is 10.6. The van der Waals surface area contributed by atoms with Crippen LogP contribution < -0.4 is 5.32 Å². The van der Waals surface area contributed by atoms with E-state index in [2.05, 4.69) is 15.5 Å². The number of nitrogens with one attached hydrogen (secondary N) is 2. The minimum atomic E-state index is 0.0946. The molecule has 0 bridgehead atoms. The van der Waals surface area contributed by atoms with Gasteiger partial charge < -0.3 is 10.2 Å². The van der Waals surface area contributed by atoms with Crippen molar-refractivity contribution >= 4 is 5.91 Å². The van der Waals surface area contributed by atoms with Gasteiger partial charge in [0.15, 0.2) is 0 Å². The minimum Gasteiger partial charge on any atom is -0.337 e. The molecule has 0 aliphatic carbocycles. The maximum absolute atomic E-state index is 12.3. The zero-order chi connectivity index (χ0) is 12.4. The van der Waals surface area contributed by atoms with Gasteiger partial charge in [0, 0.05) is 31.2 Å². The number of aromatic nitrogens is 2. The molecule has 0 saturated carbocycles. The molecular formula is C13H20N4O. The molecule has 5 nitrogen and oxygen atoms in total. The Kier molecular flexibility index (Phi) is 3.07. The van der Waals surface area contributed by atoms with Gasteiger partial charge in [0.1, 0.15) is 5.69 Å². The molecule has 2 aliphatic rings.